The molecule has 1 aliphatic rings. The van der Waals surface area contributed by atoms with Gasteiger partial charge in [0.2, 0.25) is 11.8 Å². The number of likely N-dealkylation sites (tertiary alicyclic amines) is 1. The quantitative estimate of drug-likeness (QED) is 0.719. The third-order valence-corrected chi connectivity index (χ3v) is 4.71. The first-order chi connectivity index (χ1) is 13.5. The lowest BCUT2D eigenvalue weighted by Gasteiger charge is -2.16. The van der Waals surface area contributed by atoms with E-state index in [0.717, 1.165) is 6.42 Å². The van der Waals surface area contributed by atoms with Crippen LogP contribution in [0.2, 0.25) is 0 Å². The van der Waals surface area contributed by atoms with Crippen LogP contribution >= 0.6 is 0 Å². The molecule has 1 saturated heterocycles. The maximum atomic E-state index is 12.6. The summed E-state index contributed by atoms with van der Waals surface area (Å²) in [4.78, 5) is 38.0. The van der Waals surface area contributed by atoms with E-state index < -0.39 is 0 Å². The van der Waals surface area contributed by atoms with Crippen LogP contribution in [0.5, 0.6) is 0 Å². The summed E-state index contributed by atoms with van der Waals surface area (Å²) in [6.45, 7) is 1.03. The molecule has 3 rings (SSSR count). The van der Waals surface area contributed by atoms with Gasteiger partial charge < -0.3 is 20.9 Å². The van der Waals surface area contributed by atoms with E-state index in [1.54, 1.807) is 29.2 Å². The van der Waals surface area contributed by atoms with E-state index in [0.29, 0.717) is 24.5 Å². The number of nitrogens with zero attached hydrogens (tertiary/aromatic N) is 1. The van der Waals surface area contributed by atoms with Gasteiger partial charge in [-0.15, -0.1) is 0 Å². The van der Waals surface area contributed by atoms with E-state index in [-0.39, 0.29) is 30.2 Å². The Kier molecular flexibility index (Phi) is 6.26. The third kappa shape index (κ3) is 5.09. The predicted octanol–water partition coefficient (Wildman–Crippen LogP) is 2.47. The number of anilines is 2. The van der Waals surface area contributed by atoms with E-state index in [1.807, 2.05) is 30.3 Å². The van der Waals surface area contributed by atoms with Crippen molar-refractivity contribution in [1.29, 1.82) is 0 Å². The van der Waals surface area contributed by atoms with E-state index in [9.17, 15) is 14.4 Å². The van der Waals surface area contributed by atoms with Crippen LogP contribution < -0.4 is 16.0 Å². The average Bonchev–Trinajstić information content (AvgIpc) is 3.08. The van der Waals surface area contributed by atoms with Crippen LogP contribution in [0.3, 0.4) is 0 Å². The minimum Gasteiger partial charge on any atom is -0.342 e. The van der Waals surface area contributed by atoms with Gasteiger partial charge in [-0.1, -0.05) is 36.4 Å². The summed E-state index contributed by atoms with van der Waals surface area (Å²) in [6, 6.07) is 16.5. The summed E-state index contributed by atoms with van der Waals surface area (Å²) in [5, 5.41) is 7.97. The standard InChI is InChI=1S/C21H24N4O3/c1-22-21(28)24-18-9-5-8-17(13-18)23-20(27)16-12-19(26)25(14-16)11-10-15-6-3-2-4-7-15/h2-9,13,16H,10-12,14H2,1H3,(H,23,27)(H2,22,24,28). The molecule has 7 heteroatoms. The van der Waals surface area contributed by atoms with Crippen molar-refractivity contribution in [1.82, 2.24) is 10.2 Å². The molecule has 1 atom stereocenters. The molecule has 1 fully saturated rings. The first-order valence-electron chi connectivity index (χ1n) is 9.26. The van der Waals surface area contributed by atoms with Crippen molar-refractivity contribution in [3.8, 4) is 0 Å². The van der Waals surface area contributed by atoms with E-state index in [2.05, 4.69) is 16.0 Å². The molecule has 4 amide bonds. The van der Waals surface area contributed by atoms with Gasteiger partial charge >= 0.3 is 6.03 Å². The fourth-order valence-electron chi connectivity index (χ4n) is 3.19. The number of benzene rings is 2. The molecule has 0 aliphatic carbocycles. The van der Waals surface area contributed by atoms with Crippen molar-refractivity contribution in [2.24, 2.45) is 5.92 Å². The molecule has 1 heterocycles. The Balaban J connectivity index is 1.54. The SMILES string of the molecule is CNC(=O)Nc1cccc(NC(=O)C2CC(=O)N(CCc3ccccc3)C2)c1. The Morgan fingerprint density at radius 2 is 1.75 bits per heavy atom. The molecule has 0 saturated carbocycles. The van der Waals surface area contributed by atoms with Crippen LogP contribution in [0.1, 0.15) is 12.0 Å². The van der Waals surface area contributed by atoms with Crippen molar-refractivity contribution in [3.05, 3.63) is 60.2 Å². The molecular weight excluding hydrogens is 356 g/mol. The van der Waals surface area contributed by atoms with Crippen LogP contribution in [0, 0.1) is 5.92 Å². The molecule has 1 aliphatic heterocycles. The second kappa shape index (κ2) is 9.03. The highest BCUT2D eigenvalue weighted by Gasteiger charge is 2.34. The van der Waals surface area contributed by atoms with Gasteiger partial charge in [-0.25, -0.2) is 4.79 Å². The number of carbonyl (C=O) groups is 3. The first-order valence-corrected chi connectivity index (χ1v) is 9.26. The predicted molar refractivity (Wildman–Crippen MR) is 108 cm³/mol. The molecule has 7 nitrogen and oxygen atoms in total. The molecule has 1 unspecified atom stereocenters. The lowest BCUT2D eigenvalue weighted by molar-refractivity contribution is -0.128. The highest BCUT2D eigenvalue weighted by molar-refractivity contribution is 5.98. The normalized spacial score (nSPS) is 16.0. The Morgan fingerprint density at radius 1 is 1.04 bits per heavy atom. The van der Waals surface area contributed by atoms with Gasteiger partial charge in [0.25, 0.3) is 0 Å². The molecule has 0 bridgehead atoms. The third-order valence-electron chi connectivity index (χ3n) is 4.71. The Labute approximate surface area is 164 Å². The Bertz CT molecular complexity index is 854. The molecule has 2 aromatic carbocycles. The number of rotatable bonds is 6. The first kappa shape index (κ1) is 19.4. The van der Waals surface area contributed by atoms with E-state index in [1.165, 1.54) is 12.6 Å². The van der Waals surface area contributed by atoms with Gasteiger partial charge in [-0.3, -0.25) is 9.59 Å². The zero-order valence-corrected chi connectivity index (χ0v) is 15.8. The Hall–Kier alpha value is -3.35. The summed E-state index contributed by atoms with van der Waals surface area (Å²) < 4.78 is 0. The van der Waals surface area contributed by atoms with Crippen molar-refractivity contribution in [2.75, 3.05) is 30.8 Å². The lowest BCUT2D eigenvalue weighted by atomic mass is 10.1. The van der Waals surface area contributed by atoms with Crippen LogP contribution in [-0.2, 0) is 16.0 Å². The molecular formula is C21H24N4O3. The van der Waals surface area contributed by atoms with Gasteiger partial charge in [0, 0.05) is 37.9 Å². The number of carbonyl (C=O) groups excluding carboxylic acids is 3. The van der Waals surface area contributed by atoms with Gasteiger partial charge in [0.15, 0.2) is 0 Å². The molecule has 146 valence electrons. The summed E-state index contributed by atoms with van der Waals surface area (Å²) in [6.07, 6.45) is 0.991. The summed E-state index contributed by atoms with van der Waals surface area (Å²) in [5.74, 6) is -0.558. The van der Waals surface area contributed by atoms with Crippen LogP contribution in [0.25, 0.3) is 0 Å². The smallest absolute Gasteiger partial charge is 0.318 e. The fourth-order valence-corrected chi connectivity index (χ4v) is 3.19. The van der Waals surface area contributed by atoms with Crippen molar-refractivity contribution in [2.45, 2.75) is 12.8 Å². The minimum absolute atomic E-state index is 0.00566. The molecule has 28 heavy (non-hydrogen) atoms. The van der Waals surface area contributed by atoms with Crippen molar-refractivity contribution in [3.63, 3.8) is 0 Å². The van der Waals surface area contributed by atoms with Crippen molar-refractivity contribution < 1.29 is 14.4 Å². The van der Waals surface area contributed by atoms with Crippen LogP contribution in [-0.4, -0.2) is 42.9 Å². The molecule has 3 N–H and O–H groups in total. The van der Waals surface area contributed by atoms with Crippen molar-refractivity contribution >= 4 is 29.2 Å². The summed E-state index contributed by atoms with van der Waals surface area (Å²) in [7, 11) is 1.53. The summed E-state index contributed by atoms with van der Waals surface area (Å²) >= 11 is 0. The van der Waals surface area contributed by atoms with Crippen LogP contribution in [0.4, 0.5) is 16.2 Å². The highest BCUT2D eigenvalue weighted by atomic mass is 16.2. The van der Waals surface area contributed by atoms with Gasteiger partial charge in [0.05, 0.1) is 5.92 Å². The zero-order valence-electron chi connectivity index (χ0n) is 15.8. The second-order valence-corrected chi connectivity index (χ2v) is 6.75. The zero-order chi connectivity index (χ0) is 19.9. The second-order valence-electron chi connectivity index (χ2n) is 6.75. The van der Waals surface area contributed by atoms with Gasteiger partial charge in [-0.05, 0) is 30.2 Å². The Morgan fingerprint density at radius 3 is 2.46 bits per heavy atom. The number of amides is 4. The van der Waals surface area contributed by atoms with E-state index in [4.69, 9.17) is 0 Å². The lowest BCUT2D eigenvalue weighted by Crippen LogP contribution is -2.30. The molecule has 0 spiro atoms. The number of urea groups is 1. The van der Waals surface area contributed by atoms with Crippen LogP contribution in [0.15, 0.2) is 54.6 Å². The highest BCUT2D eigenvalue weighted by Crippen LogP contribution is 2.22. The topological polar surface area (TPSA) is 90.5 Å². The minimum atomic E-state index is -0.376. The van der Waals surface area contributed by atoms with Gasteiger partial charge in [0.1, 0.15) is 0 Å². The number of hydrogen-bond donors (Lipinski definition) is 3. The molecule has 2 aromatic rings. The number of hydrogen-bond acceptors (Lipinski definition) is 3. The fraction of sp³-hybridized carbons (Fsp3) is 0.286. The summed E-state index contributed by atoms with van der Waals surface area (Å²) in [5.41, 5.74) is 2.32. The molecule has 0 radical (unpaired) electrons. The monoisotopic (exact) mass is 380 g/mol. The van der Waals surface area contributed by atoms with Gasteiger partial charge in [-0.2, -0.15) is 0 Å². The average molecular weight is 380 g/mol. The maximum absolute atomic E-state index is 12.6. The number of nitrogens with one attached hydrogen (secondary N) is 3. The largest absolute Gasteiger partial charge is 0.342 e. The maximum Gasteiger partial charge on any atom is 0.318 e. The van der Waals surface area contributed by atoms with E-state index >= 15 is 0 Å². The molecule has 0 aromatic heterocycles.